The van der Waals surface area contributed by atoms with Gasteiger partial charge in [-0.3, -0.25) is 0 Å². The van der Waals surface area contributed by atoms with Crippen molar-refractivity contribution in [3.8, 4) is 0 Å². The van der Waals surface area contributed by atoms with Gasteiger partial charge in [0, 0.05) is 0 Å². The Balaban J connectivity index is 1.36. The van der Waals surface area contributed by atoms with Gasteiger partial charge in [-0.05, 0) is 82.1 Å². The van der Waals surface area contributed by atoms with Gasteiger partial charge >= 0.3 is 35.8 Å². The van der Waals surface area contributed by atoms with Gasteiger partial charge in [-0.25, -0.2) is 28.8 Å². The van der Waals surface area contributed by atoms with Gasteiger partial charge in [0.05, 0.1) is 46.6 Å². The Hall–Kier alpha value is -7.47. The molecule has 0 amide bonds. The van der Waals surface area contributed by atoms with Gasteiger partial charge in [0.1, 0.15) is 0 Å². The molecule has 0 aromatic heterocycles. The second kappa shape index (κ2) is 20.4. The molecule has 0 aliphatic heterocycles. The standard InChI is InChI=1S/C48H42O13Si2/c49-43(50)39-25-23-33(31-41(39)45(53)54)47(57)59-27-13-29-62(35-15-5-1-6-16-35,36-17-7-2-8-18-36)61-63(37-19-9-3-10-20-37,38-21-11-4-12-22-38)30-14-28-60-48(58)34-24-26-40(44(51)52)42(32-34)46(55)56/h1-12,15-26,31-32H,13-14,27-30H2,(H,49,50)(H,51,52)(H,53,54)(H,55,56). The number of hydrogen-bond donors (Lipinski definition) is 4. The second-order valence-corrected chi connectivity index (χ2v) is 21.9. The van der Waals surface area contributed by atoms with Crippen LogP contribution in [-0.4, -0.2) is 86.1 Å². The highest BCUT2D eigenvalue weighted by atomic mass is 28.4. The van der Waals surface area contributed by atoms with Crippen molar-refractivity contribution in [3.05, 3.63) is 191 Å². The van der Waals surface area contributed by atoms with Crippen LogP contribution in [0.2, 0.25) is 12.1 Å². The molecule has 0 fully saturated rings. The summed E-state index contributed by atoms with van der Waals surface area (Å²) in [6.45, 7) is -0.143. The summed E-state index contributed by atoms with van der Waals surface area (Å²) < 4.78 is 19.5. The number of esters is 2. The summed E-state index contributed by atoms with van der Waals surface area (Å²) in [5.41, 5.74) is -2.20. The Morgan fingerprint density at radius 2 is 0.667 bits per heavy atom. The van der Waals surface area contributed by atoms with Crippen LogP contribution in [-0.2, 0) is 13.6 Å². The quantitative estimate of drug-likeness (QED) is 0.0406. The first kappa shape index (κ1) is 45.1. The monoisotopic (exact) mass is 882 g/mol. The van der Waals surface area contributed by atoms with Crippen LogP contribution in [0, 0.1) is 0 Å². The molecule has 0 spiro atoms. The Morgan fingerprint density at radius 3 is 0.937 bits per heavy atom. The van der Waals surface area contributed by atoms with Crippen LogP contribution >= 0.6 is 0 Å². The zero-order valence-electron chi connectivity index (χ0n) is 33.7. The number of carboxylic acids is 4. The van der Waals surface area contributed by atoms with Crippen LogP contribution in [0.3, 0.4) is 0 Å². The average molecular weight is 883 g/mol. The van der Waals surface area contributed by atoms with Gasteiger partial charge in [-0.15, -0.1) is 0 Å². The molecule has 0 saturated heterocycles. The molecule has 13 nitrogen and oxygen atoms in total. The van der Waals surface area contributed by atoms with Crippen LogP contribution in [0.4, 0.5) is 0 Å². The number of carboxylic acid groups (broad SMARTS) is 4. The molecule has 0 aliphatic rings. The van der Waals surface area contributed by atoms with E-state index >= 15 is 0 Å². The lowest BCUT2D eigenvalue weighted by Crippen LogP contribution is -2.72. The molecule has 15 heteroatoms. The highest BCUT2D eigenvalue weighted by molar-refractivity contribution is 7.09. The SMILES string of the molecule is O=C(OCCC[Si](O[Si](CCCOC(=O)c1ccc(C(=O)O)c(C(=O)O)c1)(c1ccccc1)c1ccccc1)(c1ccccc1)c1ccccc1)c1ccc(C(=O)O)c(C(=O)O)c1. The molecule has 320 valence electrons. The molecular weight excluding hydrogens is 841 g/mol. The summed E-state index contributed by atoms with van der Waals surface area (Å²) in [6.07, 6.45) is 0.650. The maximum Gasteiger partial charge on any atom is 0.338 e. The molecule has 0 radical (unpaired) electrons. The van der Waals surface area contributed by atoms with Crippen molar-refractivity contribution in [1.82, 2.24) is 0 Å². The Bertz CT molecular complexity index is 2340. The Kier molecular flexibility index (Phi) is 14.6. The number of rotatable bonds is 20. The lowest BCUT2D eigenvalue weighted by Gasteiger charge is -2.43. The van der Waals surface area contributed by atoms with E-state index in [1.807, 2.05) is 121 Å². The fourth-order valence-electron chi connectivity index (χ4n) is 7.58. The highest BCUT2D eigenvalue weighted by Crippen LogP contribution is 2.27. The van der Waals surface area contributed by atoms with Gasteiger partial charge in [-0.2, -0.15) is 0 Å². The predicted molar refractivity (Wildman–Crippen MR) is 237 cm³/mol. The first-order valence-electron chi connectivity index (χ1n) is 19.8. The Morgan fingerprint density at radius 1 is 0.381 bits per heavy atom. The molecule has 0 heterocycles. The molecule has 0 bridgehead atoms. The number of carbonyl (C=O) groups excluding carboxylic acids is 2. The van der Waals surface area contributed by atoms with Crippen molar-refractivity contribution in [1.29, 1.82) is 0 Å². The molecule has 0 unspecified atom stereocenters. The van der Waals surface area contributed by atoms with Gasteiger partial charge in [0.25, 0.3) is 0 Å². The van der Waals surface area contributed by atoms with E-state index in [1.165, 1.54) is 12.1 Å². The lowest BCUT2D eigenvalue weighted by atomic mass is 10.0. The lowest BCUT2D eigenvalue weighted by molar-refractivity contribution is 0.0495. The van der Waals surface area contributed by atoms with E-state index in [9.17, 15) is 49.2 Å². The second-order valence-electron chi connectivity index (χ2n) is 14.4. The molecule has 6 rings (SSSR count). The first-order valence-corrected chi connectivity index (χ1v) is 24.1. The van der Waals surface area contributed by atoms with Gasteiger partial charge in [0.2, 0.25) is 16.6 Å². The minimum atomic E-state index is -3.39. The third-order valence-corrected chi connectivity index (χ3v) is 20.5. The molecule has 63 heavy (non-hydrogen) atoms. The fraction of sp³-hybridized carbons (Fsp3) is 0.125. The van der Waals surface area contributed by atoms with Crippen LogP contribution in [0.5, 0.6) is 0 Å². The maximum atomic E-state index is 13.3. The first-order chi connectivity index (χ1) is 30.4. The van der Waals surface area contributed by atoms with E-state index < -0.39 is 74.7 Å². The number of hydrogen-bond acceptors (Lipinski definition) is 9. The predicted octanol–water partition coefficient (Wildman–Crippen LogP) is 5.81. The molecule has 6 aromatic carbocycles. The minimum absolute atomic E-state index is 0.0715. The summed E-state index contributed by atoms with van der Waals surface area (Å²) in [7, 11) is -6.79. The average Bonchev–Trinajstić information content (AvgIpc) is 3.31. The third-order valence-electron chi connectivity index (χ3n) is 10.6. The van der Waals surface area contributed by atoms with E-state index in [0.717, 1.165) is 45.0 Å². The van der Waals surface area contributed by atoms with Crippen molar-refractivity contribution in [2.45, 2.75) is 24.9 Å². The summed E-state index contributed by atoms with van der Waals surface area (Å²) in [5.74, 6) is -7.50. The topological polar surface area (TPSA) is 211 Å². The van der Waals surface area contributed by atoms with Gasteiger partial charge in [0.15, 0.2) is 0 Å². The normalized spacial score (nSPS) is 11.3. The number of ether oxygens (including phenoxy) is 2. The van der Waals surface area contributed by atoms with Crippen LogP contribution in [0.25, 0.3) is 0 Å². The molecule has 0 aliphatic carbocycles. The summed E-state index contributed by atoms with van der Waals surface area (Å²) in [6, 6.07) is 46.8. The highest BCUT2D eigenvalue weighted by Gasteiger charge is 2.50. The third kappa shape index (κ3) is 10.4. The van der Waals surface area contributed by atoms with Crippen molar-refractivity contribution >= 4 is 73.2 Å². The number of carbonyl (C=O) groups is 6. The summed E-state index contributed by atoms with van der Waals surface area (Å²) >= 11 is 0. The van der Waals surface area contributed by atoms with Crippen molar-refractivity contribution in [2.24, 2.45) is 0 Å². The smallest absolute Gasteiger partial charge is 0.338 e. The minimum Gasteiger partial charge on any atom is -0.478 e. The van der Waals surface area contributed by atoms with E-state index in [4.69, 9.17) is 13.6 Å². The zero-order valence-corrected chi connectivity index (χ0v) is 35.7. The Labute approximate surface area is 364 Å². The van der Waals surface area contributed by atoms with E-state index in [1.54, 1.807) is 0 Å². The summed E-state index contributed by atoms with van der Waals surface area (Å²) in [4.78, 5) is 73.4. The molecule has 4 N–H and O–H groups in total. The largest absolute Gasteiger partial charge is 0.478 e. The van der Waals surface area contributed by atoms with Crippen LogP contribution < -0.4 is 20.7 Å². The molecule has 0 atom stereocenters. The van der Waals surface area contributed by atoms with Gasteiger partial charge < -0.3 is 34.0 Å². The van der Waals surface area contributed by atoms with Crippen molar-refractivity contribution in [2.75, 3.05) is 13.2 Å². The molecular formula is C48H42O13Si2. The summed E-state index contributed by atoms with van der Waals surface area (Å²) in [5, 5.41) is 41.9. The molecule has 6 aromatic rings. The number of aromatic carboxylic acids is 4. The molecule has 0 saturated carbocycles. The van der Waals surface area contributed by atoms with E-state index in [-0.39, 0.29) is 24.3 Å². The van der Waals surface area contributed by atoms with Crippen LogP contribution in [0.15, 0.2) is 158 Å². The van der Waals surface area contributed by atoms with E-state index in [0.29, 0.717) is 24.9 Å². The van der Waals surface area contributed by atoms with Crippen LogP contribution in [0.1, 0.15) is 75.0 Å². The zero-order chi connectivity index (χ0) is 45.0. The van der Waals surface area contributed by atoms with Gasteiger partial charge in [-0.1, -0.05) is 121 Å². The van der Waals surface area contributed by atoms with Crippen molar-refractivity contribution in [3.63, 3.8) is 0 Å². The van der Waals surface area contributed by atoms with E-state index in [2.05, 4.69) is 0 Å². The number of benzene rings is 6. The fourth-order valence-corrected chi connectivity index (χ4v) is 18.7. The maximum absolute atomic E-state index is 13.3. The van der Waals surface area contributed by atoms with Crippen molar-refractivity contribution < 1.29 is 62.8 Å².